The van der Waals surface area contributed by atoms with Crippen molar-refractivity contribution in [3.63, 3.8) is 0 Å². The normalized spacial score (nSPS) is 12.9. The number of fused-ring (bicyclic) bond motifs is 1. The molecule has 104 valence electrons. The van der Waals surface area contributed by atoms with Crippen molar-refractivity contribution in [1.82, 2.24) is 18.7 Å². The summed E-state index contributed by atoms with van der Waals surface area (Å²) >= 11 is 0. The van der Waals surface area contributed by atoms with Gasteiger partial charge in [-0.2, -0.15) is 4.98 Å². The molecule has 0 radical (unpaired) electrons. The molecule has 0 aliphatic carbocycles. The molecular weight excluding hydrogens is 248 g/mol. The van der Waals surface area contributed by atoms with Crippen LogP contribution >= 0.6 is 0 Å². The molecule has 0 bridgehead atoms. The highest BCUT2D eigenvalue weighted by Gasteiger charge is 2.21. The van der Waals surface area contributed by atoms with E-state index in [1.54, 1.807) is 11.6 Å². The van der Waals surface area contributed by atoms with Gasteiger partial charge in [0.15, 0.2) is 11.2 Å². The Morgan fingerprint density at radius 2 is 1.89 bits per heavy atom. The molecular formula is C12H18N4O3. The zero-order chi connectivity index (χ0) is 14.3. The Balaban J connectivity index is 3.04. The molecule has 7 heteroatoms. The first-order chi connectivity index (χ1) is 8.93. The summed E-state index contributed by atoms with van der Waals surface area (Å²) in [5, 5.41) is 0. The first-order valence-electron chi connectivity index (χ1n) is 6.15. The molecule has 2 heterocycles. The molecule has 0 aliphatic rings. The summed E-state index contributed by atoms with van der Waals surface area (Å²) in [6, 6.07) is 0.410. The number of rotatable bonds is 3. The van der Waals surface area contributed by atoms with E-state index < -0.39 is 5.69 Å². The van der Waals surface area contributed by atoms with Gasteiger partial charge in [-0.15, -0.1) is 0 Å². The minimum Gasteiger partial charge on any atom is -0.468 e. The van der Waals surface area contributed by atoms with Crippen molar-refractivity contribution in [2.24, 2.45) is 14.1 Å². The largest absolute Gasteiger partial charge is 0.468 e. The van der Waals surface area contributed by atoms with Crippen molar-refractivity contribution in [1.29, 1.82) is 0 Å². The van der Waals surface area contributed by atoms with Gasteiger partial charge in [0.25, 0.3) is 11.6 Å². The maximum Gasteiger partial charge on any atom is 0.332 e. The van der Waals surface area contributed by atoms with Crippen LogP contribution in [0.25, 0.3) is 11.2 Å². The van der Waals surface area contributed by atoms with Gasteiger partial charge in [-0.25, -0.2) is 4.79 Å². The second-order valence-corrected chi connectivity index (χ2v) is 4.60. The van der Waals surface area contributed by atoms with E-state index in [0.29, 0.717) is 17.2 Å². The molecule has 0 saturated carbocycles. The third-order valence-electron chi connectivity index (χ3n) is 3.47. The fraction of sp³-hybridized carbons (Fsp3) is 0.583. The van der Waals surface area contributed by atoms with E-state index in [9.17, 15) is 9.59 Å². The van der Waals surface area contributed by atoms with Gasteiger partial charge in [0.1, 0.15) is 0 Å². The molecule has 0 amide bonds. The minimum atomic E-state index is -0.394. The number of methoxy groups -OCH3 is 1. The van der Waals surface area contributed by atoms with Gasteiger partial charge >= 0.3 is 5.69 Å². The molecule has 2 aromatic heterocycles. The number of nitrogens with zero attached hydrogens (tertiary/aromatic N) is 4. The Bertz CT molecular complexity index is 738. The van der Waals surface area contributed by atoms with Gasteiger partial charge in [-0.1, -0.05) is 6.92 Å². The lowest BCUT2D eigenvalue weighted by Gasteiger charge is -2.14. The van der Waals surface area contributed by atoms with Crippen LogP contribution in [0.5, 0.6) is 6.01 Å². The summed E-state index contributed by atoms with van der Waals surface area (Å²) in [5.41, 5.74) is 0.00389. The molecule has 7 nitrogen and oxygen atoms in total. The van der Waals surface area contributed by atoms with Gasteiger partial charge in [0.05, 0.1) is 7.11 Å². The van der Waals surface area contributed by atoms with Gasteiger partial charge in [0.2, 0.25) is 0 Å². The zero-order valence-electron chi connectivity index (χ0n) is 11.8. The molecule has 0 spiro atoms. The summed E-state index contributed by atoms with van der Waals surface area (Å²) in [5.74, 6) is 0. The van der Waals surface area contributed by atoms with Crippen molar-refractivity contribution in [3.05, 3.63) is 20.8 Å². The van der Waals surface area contributed by atoms with Crippen LogP contribution in [0.4, 0.5) is 0 Å². The predicted molar refractivity (Wildman–Crippen MR) is 71.8 cm³/mol. The molecule has 0 saturated heterocycles. The lowest BCUT2D eigenvalue weighted by atomic mass is 10.2. The van der Waals surface area contributed by atoms with E-state index in [0.717, 1.165) is 11.0 Å². The van der Waals surface area contributed by atoms with Gasteiger partial charge < -0.3 is 4.74 Å². The van der Waals surface area contributed by atoms with E-state index in [4.69, 9.17) is 4.74 Å². The quantitative estimate of drug-likeness (QED) is 0.807. The standard InChI is InChI=1S/C12H18N4O3/c1-6-7(2)16-8-9(13-11(16)19-5)14(3)12(18)15(4)10(8)17/h7H,6H2,1-5H3/t7-/m0/s1. The summed E-state index contributed by atoms with van der Waals surface area (Å²) in [6.45, 7) is 4.00. The van der Waals surface area contributed by atoms with E-state index in [1.807, 2.05) is 13.8 Å². The number of aromatic nitrogens is 4. The van der Waals surface area contributed by atoms with Crippen LogP contribution in [0, 0.1) is 0 Å². The van der Waals surface area contributed by atoms with E-state index in [2.05, 4.69) is 4.98 Å². The summed E-state index contributed by atoms with van der Waals surface area (Å²) in [6.07, 6.45) is 0.827. The second kappa shape index (κ2) is 4.56. The lowest BCUT2D eigenvalue weighted by Crippen LogP contribution is -2.37. The number of hydrogen-bond donors (Lipinski definition) is 0. The maximum atomic E-state index is 12.3. The third kappa shape index (κ3) is 1.76. The van der Waals surface area contributed by atoms with Crippen LogP contribution in [0.15, 0.2) is 9.59 Å². The first kappa shape index (κ1) is 13.4. The van der Waals surface area contributed by atoms with E-state index >= 15 is 0 Å². The maximum absolute atomic E-state index is 12.3. The average molecular weight is 266 g/mol. The highest BCUT2D eigenvalue weighted by atomic mass is 16.5. The number of ether oxygens (including phenoxy) is 1. The second-order valence-electron chi connectivity index (χ2n) is 4.60. The smallest absolute Gasteiger partial charge is 0.332 e. The molecule has 1 atom stereocenters. The molecule has 0 fully saturated rings. The van der Waals surface area contributed by atoms with Crippen LogP contribution in [0.2, 0.25) is 0 Å². The SMILES string of the molecule is CC[C@H](C)n1c(OC)nc2c1c(=O)n(C)c(=O)n2C. The molecule has 2 rings (SSSR count). The van der Waals surface area contributed by atoms with Crippen molar-refractivity contribution >= 4 is 11.2 Å². The molecule has 19 heavy (non-hydrogen) atoms. The van der Waals surface area contributed by atoms with Crippen molar-refractivity contribution in [2.75, 3.05) is 7.11 Å². The average Bonchev–Trinajstić information content (AvgIpc) is 2.81. The summed E-state index contributed by atoms with van der Waals surface area (Å²) in [7, 11) is 4.56. The van der Waals surface area contributed by atoms with Gasteiger partial charge in [-0.3, -0.25) is 18.5 Å². The number of aryl methyl sites for hydroxylation is 1. The predicted octanol–water partition coefficient (Wildman–Crippen LogP) is 0.413. The minimum absolute atomic E-state index is 0.0603. The van der Waals surface area contributed by atoms with Crippen LogP contribution in [-0.2, 0) is 14.1 Å². The van der Waals surface area contributed by atoms with E-state index in [1.165, 1.54) is 18.7 Å². The molecule has 0 N–H and O–H groups in total. The van der Waals surface area contributed by atoms with Crippen LogP contribution in [0.3, 0.4) is 0 Å². The van der Waals surface area contributed by atoms with Crippen LogP contribution in [-0.4, -0.2) is 25.8 Å². The highest BCUT2D eigenvalue weighted by Crippen LogP contribution is 2.24. The summed E-state index contributed by atoms with van der Waals surface area (Å²) < 4.78 is 9.42. The highest BCUT2D eigenvalue weighted by molar-refractivity contribution is 5.72. The van der Waals surface area contributed by atoms with Gasteiger partial charge in [-0.05, 0) is 13.3 Å². The monoisotopic (exact) mass is 266 g/mol. The molecule has 2 aromatic rings. The van der Waals surface area contributed by atoms with Crippen molar-refractivity contribution in [2.45, 2.75) is 26.3 Å². The van der Waals surface area contributed by atoms with Crippen LogP contribution in [0.1, 0.15) is 26.3 Å². The molecule has 0 aliphatic heterocycles. The Morgan fingerprint density at radius 1 is 1.26 bits per heavy atom. The Morgan fingerprint density at radius 3 is 2.42 bits per heavy atom. The first-order valence-corrected chi connectivity index (χ1v) is 6.15. The third-order valence-corrected chi connectivity index (χ3v) is 3.47. The topological polar surface area (TPSA) is 71.1 Å². The summed E-state index contributed by atoms with van der Waals surface area (Å²) in [4.78, 5) is 28.4. The Kier molecular flexibility index (Phi) is 3.21. The number of hydrogen-bond acceptors (Lipinski definition) is 4. The van der Waals surface area contributed by atoms with E-state index in [-0.39, 0.29) is 11.6 Å². The fourth-order valence-corrected chi connectivity index (χ4v) is 2.13. The molecule has 0 aromatic carbocycles. The zero-order valence-corrected chi connectivity index (χ0v) is 11.8. The van der Waals surface area contributed by atoms with Crippen molar-refractivity contribution < 1.29 is 4.74 Å². The lowest BCUT2D eigenvalue weighted by molar-refractivity contribution is 0.342. The number of imidazole rings is 1. The van der Waals surface area contributed by atoms with Crippen molar-refractivity contribution in [3.8, 4) is 6.01 Å². The Hall–Kier alpha value is -2.05. The fourth-order valence-electron chi connectivity index (χ4n) is 2.13. The van der Waals surface area contributed by atoms with Crippen LogP contribution < -0.4 is 16.0 Å². The Labute approximate surface area is 110 Å². The van der Waals surface area contributed by atoms with Gasteiger partial charge in [0, 0.05) is 20.1 Å². The molecule has 0 unspecified atom stereocenters.